The third-order valence-electron chi connectivity index (χ3n) is 3.34. The molecule has 0 saturated carbocycles. The molecule has 0 saturated heterocycles. The van der Waals surface area contributed by atoms with Crippen molar-refractivity contribution in [2.75, 3.05) is 5.32 Å². The van der Waals surface area contributed by atoms with Crippen molar-refractivity contribution in [2.24, 2.45) is 0 Å². The van der Waals surface area contributed by atoms with Crippen molar-refractivity contribution in [3.05, 3.63) is 84.2 Å². The number of carbonyl (C=O) groups excluding carboxylic acids is 1. The smallest absolute Gasteiger partial charge is 0.248 e. The molecule has 1 amide bonds. The zero-order valence-electron chi connectivity index (χ0n) is 11.8. The second-order valence-electron chi connectivity index (χ2n) is 4.91. The van der Waals surface area contributed by atoms with E-state index in [9.17, 15) is 9.18 Å². The number of carbonyl (C=O) groups is 1. The van der Waals surface area contributed by atoms with Crippen LogP contribution in [0.5, 0.6) is 0 Å². The van der Waals surface area contributed by atoms with Crippen molar-refractivity contribution in [2.45, 2.75) is 0 Å². The molecule has 108 valence electrons. The second kappa shape index (κ2) is 6.22. The molecule has 0 heterocycles. The van der Waals surface area contributed by atoms with Crippen LogP contribution in [0.1, 0.15) is 5.56 Å². The number of halogens is 1. The van der Waals surface area contributed by atoms with Gasteiger partial charge in [-0.15, -0.1) is 0 Å². The number of benzene rings is 3. The summed E-state index contributed by atoms with van der Waals surface area (Å²) in [6.07, 6.45) is 2.79. The number of amides is 1. The molecule has 0 unspecified atom stereocenters. The molecule has 22 heavy (non-hydrogen) atoms. The highest BCUT2D eigenvalue weighted by Crippen LogP contribution is 2.19. The van der Waals surface area contributed by atoms with E-state index in [1.54, 1.807) is 18.2 Å². The number of fused-ring (bicyclic) bond motifs is 1. The summed E-state index contributed by atoms with van der Waals surface area (Å²) in [5.41, 5.74) is 1.10. The first-order valence-electron chi connectivity index (χ1n) is 6.95. The van der Waals surface area contributed by atoms with Crippen LogP contribution in [0, 0.1) is 5.82 Å². The number of hydrogen-bond acceptors (Lipinski definition) is 1. The Morgan fingerprint density at radius 2 is 1.64 bits per heavy atom. The lowest BCUT2D eigenvalue weighted by Gasteiger charge is -2.04. The van der Waals surface area contributed by atoms with Gasteiger partial charge in [0.15, 0.2) is 0 Å². The summed E-state index contributed by atoms with van der Waals surface area (Å²) in [7, 11) is 0. The van der Waals surface area contributed by atoms with E-state index in [2.05, 4.69) is 5.32 Å². The van der Waals surface area contributed by atoms with Crippen LogP contribution in [0.4, 0.5) is 10.1 Å². The van der Waals surface area contributed by atoms with Gasteiger partial charge >= 0.3 is 0 Å². The van der Waals surface area contributed by atoms with E-state index in [0.717, 1.165) is 10.8 Å². The zero-order chi connectivity index (χ0) is 15.4. The minimum Gasteiger partial charge on any atom is -0.322 e. The lowest BCUT2D eigenvalue weighted by atomic mass is 10.1. The quantitative estimate of drug-likeness (QED) is 0.700. The van der Waals surface area contributed by atoms with Crippen LogP contribution >= 0.6 is 0 Å². The van der Waals surface area contributed by atoms with Gasteiger partial charge in [0.1, 0.15) is 5.82 Å². The summed E-state index contributed by atoms with van der Waals surface area (Å²) < 4.78 is 13.5. The molecule has 0 atom stereocenters. The van der Waals surface area contributed by atoms with E-state index in [0.29, 0.717) is 11.3 Å². The molecule has 0 spiro atoms. The summed E-state index contributed by atoms with van der Waals surface area (Å²) in [4.78, 5) is 11.9. The first kappa shape index (κ1) is 14.0. The highest BCUT2D eigenvalue weighted by Gasteiger charge is 2.01. The molecule has 0 aliphatic rings. The topological polar surface area (TPSA) is 29.1 Å². The molecule has 0 aliphatic heterocycles. The van der Waals surface area contributed by atoms with Gasteiger partial charge < -0.3 is 5.32 Å². The summed E-state index contributed by atoms with van der Waals surface area (Å²) >= 11 is 0. The molecule has 2 nitrogen and oxygen atoms in total. The van der Waals surface area contributed by atoms with E-state index in [1.807, 2.05) is 42.5 Å². The van der Waals surface area contributed by atoms with E-state index in [-0.39, 0.29) is 11.7 Å². The normalized spacial score (nSPS) is 11.0. The standard InChI is InChI=1S/C19H14FNO/c20-18-8-4-3-6-15(18)10-12-19(22)21-17-11-9-14-5-1-2-7-16(14)13-17/h1-13H,(H,21,22)/b12-10+. The van der Waals surface area contributed by atoms with Gasteiger partial charge in [0.2, 0.25) is 5.91 Å². The Bertz CT molecular complexity index is 855. The fourth-order valence-corrected chi connectivity index (χ4v) is 2.23. The van der Waals surface area contributed by atoms with Crippen molar-refractivity contribution in [3.63, 3.8) is 0 Å². The number of anilines is 1. The summed E-state index contributed by atoms with van der Waals surface area (Å²) in [5, 5.41) is 4.94. The number of hydrogen-bond donors (Lipinski definition) is 1. The lowest BCUT2D eigenvalue weighted by Crippen LogP contribution is -2.07. The van der Waals surface area contributed by atoms with Crippen molar-refractivity contribution in [3.8, 4) is 0 Å². The monoisotopic (exact) mass is 291 g/mol. The van der Waals surface area contributed by atoms with Crippen LogP contribution < -0.4 is 5.32 Å². The predicted molar refractivity (Wildman–Crippen MR) is 88.0 cm³/mol. The maximum Gasteiger partial charge on any atom is 0.248 e. The average Bonchev–Trinajstić information content (AvgIpc) is 2.54. The van der Waals surface area contributed by atoms with E-state index in [1.165, 1.54) is 18.2 Å². The van der Waals surface area contributed by atoms with E-state index in [4.69, 9.17) is 0 Å². The van der Waals surface area contributed by atoms with Crippen molar-refractivity contribution >= 4 is 28.4 Å². The molecule has 0 radical (unpaired) electrons. The first-order chi connectivity index (χ1) is 10.7. The van der Waals surface area contributed by atoms with Crippen molar-refractivity contribution < 1.29 is 9.18 Å². The number of nitrogens with one attached hydrogen (secondary N) is 1. The molecule has 3 aromatic rings. The highest BCUT2D eigenvalue weighted by molar-refractivity contribution is 6.03. The Balaban J connectivity index is 1.74. The lowest BCUT2D eigenvalue weighted by molar-refractivity contribution is -0.111. The maximum absolute atomic E-state index is 13.5. The Labute approximate surface area is 127 Å². The zero-order valence-corrected chi connectivity index (χ0v) is 11.8. The first-order valence-corrected chi connectivity index (χ1v) is 6.95. The van der Waals surface area contributed by atoms with Gasteiger partial charge in [-0.25, -0.2) is 4.39 Å². The van der Waals surface area contributed by atoms with Gasteiger partial charge in [0.05, 0.1) is 0 Å². The molecule has 0 bridgehead atoms. The highest BCUT2D eigenvalue weighted by atomic mass is 19.1. The SMILES string of the molecule is O=C(/C=C/c1ccccc1F)Nc1ccc2ccccc2c1. The fraction of sp³-hybridized carbons (Fsp3) is 0. The van der Waals surface area contributed by atoms with Crippen molar-refractivity contribution in [1.29, 1.82) is 0 Å². The van der Waals surface area contributed by atoms with Gasteiger partial charge in [-0.05, 0) is 35.0 Å². The van der Waals surface area contributed by atoms with Crippen LogP contribution in [0.15, 0.2) is 72.8 Å². The van der Waals surface area contributed by atoms with Crippen LogP contribution in [0.3, 0.4) is 0 Å². The summed E-state index contributed by atoms with van der Waals surface area (Å²) in [5.74, 6) is -0.643. The third-order valence-corrected chi connectivity index (χ3v) is 3.34. The van der Waals surface area contributed by atoms with Crippen LogP contribution in [-0.2, 0) is 4.79 Å². The molecule has 0 fully saturated rings. The molecule has 3 heteroatoms. The predicted octanol–water partition coefficient (Wildman–Crippen LogP) is 4.63. The van der Waals surface area contributed by atoms with E-state index < -0.39 is 0 Å². The van der Waals surface area contributed by atoms with Crippen LogP contribution in [0.25, 0.3) is 16.8 Å². The van der Waals surface area contributed by atoms with Gasteiger partial charge in [0.25, 0.3) is 0 Å². The van der Waals surface area contributed by atoms with Crippen LogP contribution in [0.2, 0.25) is 0 Å². The van der Waals surface area contributed by atoms with Gasteiger partial charge in [-0.3, -0.25) is 4.79 Å². The number of rotatable bonds is 3. The van der Waals surface area contributed by atoms with Gasteiger partial charge in [0, 0.05) is 17.3 Å². The molecule has 1 N–H and O–H groups in total. The Morgan fingerprint density at radius 3 is 2.45 bits per heavy atom. The second-order valence-corrected chi connectivity index (χ2v) is 4.91. The fourth-order valence-electron chi connectivity index (χ4n) is 2.23. The van der Waals surface area contributed by atoms with Gasteiger partial charge in [-0.2, -0.15) is 0 Å². The summed E-state index contributed by atoms with van der Waals surface area (Å²) in [6, 6.07) is 19.9. The molecular formula is C19H14FNO. The molecular weight excluding hydrogens is 277 g/mol. The van der Waals surface area contributed by atoms with Gasteiger partial charge in [-0.1, -0.05) is 48.5 Å². The van der Waals surface area contributed by atoms with Crippen LogP contribution in [-0.4, -0.2) is 5.91 Å². The Morgan fingerprint density at radius 1 is 0.909 bits per heavy atom. The van der Waals surface area contributed by atoms with Crippen molar-refractivity contribution in [1.82, 2.24) is 0 Å². The van der Waals surface area contributed by atoms with E-state index >= 15 is 0 Å². The molecule has 0 aliphatic carbocycles. The molecule has 3 aromatic carbocycles. The summed E-state index contributed by atoms with van der Waals surface area (Å²) in [6.45, 7) is 0. The minimum atomic E-state index is -0.350. The largest absolute Gasteiger partial charge is 0.322 e. The molecule has 0 aromatic heterocycles. The molecule has 3 rings (SSSR count). The Kier molecular flexibility index (Phi) is 3.97. The average molecular weight is 291 g/mol. The Hall–Kier alpha value is -2.94. The maximum atomic E-state index is 13.5. The third kappa shape index (κ3) is 3.20. The minimum absolute atomic E-state index is 0.293.